The van der Waals surface area contributed by atoms with Gasteiger partial charge in [0.1, 0.15) is 0 Å². The Balaban J connectivity index is 1.80. The van der Waals surface area contributed by atoms with Gasteiger partial charge in [0.05, 0.1) is 0 Å². The molecular formula is C16H15NO. The van der Waals surface area contributed by atoms with Gasteiger partial charge in [0.2, 0.25) is 0 Å². The maximum Gasteiger partial charge on any atom is 0.251 e. The molecule has 2 aromatic rings. The van der Waals surface area contributed by atoms with Gasteiger partial charge in [-0.1, -0.05) is 48.5 Å². The van der Waals surface area contributed by atoms with Gasteiger partial charge in [0, 0.05) is 11.6 Å². The van der Waals surface area contributed by atoms with Crippen LogP contribution in [-0.4, -0.2) is 11.9 Å². The number of hydrogen-bond donors (Lipinski definition) is 1. The van der Waals surface area contributed by atoms with E-state index in [2.05, 4.69) is 17.4 Å². The monoisotopic (exact) mass is 237 g/mol. The minimum absolute atomic E-state index is 0.0535. The van der Waals surface area contributed by atoms with Crippen LogP contribution in [0.3, 0.4) is 0 Å². The SMILES string of the molecule is O=C1N[C@@H](Cc2ccccc2)Cc2ccccc21. The van der Waals surface area contributed by atoms with Crippen LogP contribution >= 0.6 is 0 Å². The Morgan fingerprint density at radius 3 is 2.56 bits per heavy atom. The fourth-order valence-electron chi connectivity index (χ4n) is 2.52. The zero-order valence-corrected chi connectivity index (χ0v) is 10.1. The van der Waals surface area contributed by atoms with E-state index in [-0.39, 0.29) is 11.9 Å². The molecule has 2 heteroatoms. The first kappa shape index (κ1) is 11.0. The average molecular weight is 237 g/mol. The van der Waals surface area contributed by atoms with Gasteiger partial charge in [-0.3, -0.25) is 4.79 Å². The molecule has 0 aliphatic carbocycles. The quantitative estimate of drug-likeness (QED) is 0.854. The molecule has 1 heterocycles. The van der Waals surface area contributed by atoms with Crippen molar-refractivity contribution in [2.45, 2.75) is 18.9 Å². The molecule has 0 unspecified atom stereocenters. The molecule has 1 aliphatic rings. The summed E-state index contributed by atoms with van der Waals surface area (Å²) in [5.41, 5.74) is 3.24. The number of carbonyl (C=O) groups is 1. The van der Waals surface area contributed by atoms with Crippen LogP contribution in [0.25, 0.3) is 0 Å². The van der Waals surface area contributed by atoms with E-state index in [9.17, 15) is 4.79 Å². The molecule has 1 N–H and O–H groups in total. The molecule has 0 aromatic heterocycles. The van der Waals surface area contributed by atoms with Gasteiger partial charge in [-0.15, -0.1) is 0 Å². The first-order valence-electron chi connectivity index (χ1n) is 6.25. The third kappa shape index (κ3) is 2.14. The van der Waals surface area contributed by atoms with Gasteiger partial charge in [-0.25, -0.2) is 0 Å². The summed E-state index contributed by atoms with van der Waals surface area (Å²) in [6.45, 7) is 0. The van der Waals surface area contributed by atoms with Gasteiger partial charge in [0.25, 0.3) is 5.91 Å². The normalized spacial score (nSPS) is 18.0. The van der Waals surface area contributed by atoms with Gasteiger partial charge in [0.15, 0.2) is 0 Å². The van der Waals surface area contributed by atoms with Crippen LogP contribution in [0.5, 0.6) is 0 Å². The maximum absolute atomic E-state index is 12.0. The summed E-state index contributed by atoms with van der Waals surface area (Å²) in [6, 6.07) is 18.3. The lowest BCUT2D eigenvalue weighted by molar-refractivity contribution is 0.0925. The van der Waals surface area contributed by atoms with E-state index in [0.29, 0.717) is 0 Å². The summed E-state index contributed by atoms with van der Waals surface area (Å²) in [4.78, 5) is 12.0. The summed E-state index contributed by atoms with van der Waals surface area (Å²) >= 11 is 0. The predicted octanol–water partition coefficient (Wildman–Crippen LogP) is 2.58. The van der Waals surface area contributed by atoms with Crippen molar-refractivity contribution in [1.82, 2.24) is 5.32 Å². The highest BCUT2D eigenvalue weighted by Gasteiger charge is 2.23. The number of nitrogens with one attached hydrogen (secondary N) is 1. The Kier molecular flexibility index (Phi) is 2.85. The van der Waals surface area contributed by atoms with E-state index in [1.54, 1.807) is 0 Å². The molecule has 90 valence electrons. The number of rotatable bonds is 2. The van der Waals surface area contributed by atoms with Crippen LogP contribution in [-0.2, 0) is 12.8 Å². The Labute approximate surface area is 107 Å². The van der Waals surface area contributed by atoms with Crippen LogP contribution in [0, 0.1) is 0 Å². The lowest BCUT2D eigenvalue weighted by Crippen LogP contribution is -2.42. The van der Waals surface area contributed by atoms with Gasteiger partial charge < -0.3 is 5.32 Å². The molecule has 18 heavy (non-hydrogen) atoms. The molecule has 0 bridgehead atoms. The average Bonchev–Trinajstić information content (AvgIpc) is 2.40. The van der Waals surface area contributed by atoms with Crippen LogP contribution in [0.15, 0.2) is 54.6 Å². The number of hydrogen-bond acceptors (Lipinski definition) is 1. The minimum Gasteiger partial charge on any atom is -0.349 e. The van der Waals surface area contributed by atoms with Crippen LogP contribution in [0.4, 0.5) is 0 Å². The van der Waals surface area contributed by atoms with Gasteiger partial charge in [-0.2, -0.15) is 0 Å². The second kappa shape index (κ2) is 4.65. The van der Waals surface area contributed by atoms with Crippen LogP contribution in [0.2, 0.25) is 0 Å². The lowest BCUT2D eigenvalue weighted by Gasteiger charge is -2.25. The number of fused-ring (bicyclic) bond motifs is 1. The number of benzene rings is 2. The molecule has 0 saturated carbocycles. The second-order valence-electron chi connectivity index (χ2n) is 4.72. The third-order valence-corrected chi connectivity index (χ3v) is 3.39. The molecule has 2 aromatic carbocycles. The fourth-order valence-corrected chi connectivity index (χ4v) is 2.52. The highest BCUT2D eigenvalue weighted by atomic mass is 16.1. The van der Waals surface area contributed by atoms with Gasteiger partial charge >= 0.3 is 0 Å². The van der Waals surface area contributed by atoms with E-state index in [0.717, 1.165) is 24.0 Å². The molecule has 2 nitrogen and oxygen atoms in total. The van der Waals surface area contributed by atoms with E-state index < -0.39 is 0 Å². The molecule has 0 saturated heterocycles. The lowest BCUT2D eigenvalue weighted by atomic mass is 9.92. The van der Waals surface area contributed by atoms with Crippen molar-refractivity contribution in [3.05, 3.63) is 71.3 Å². The zero-order chi connectivity index (χ0) is 12.4. The molecule has 1 atom stereocenters. The smallest absolute Gasteiger partial charge is 0.251 e. The van der Waals surface area contributed by atoms with E-state index in [1.807, 2.05) is 42.5 Å². The molecule has 1 amide bonds. The minimum atomic E-state index is 0.0535. The molecule has 0 radical (unpaired) electrons. The second-order valence-corrected chi connectivity index (χ2v) is 4.72. The Morgan fingerprint density at radius 1 is 1.00 bits per heavy atom. The van der Waals surface area contributed by atoms with Crippen LogP contribution in [0.1, 0.15) is 21.5 Å². The standard InChI is InChI=1S/C16H15NO/c18-16-15-9-5-4-8-13(15)11-14(17-16)10-12-6-2-1-3-7-12/h1-9,14H,10-11H2,(H,17,18)/t14-/m0/s1. The summed E-state index contributed by atoms with van der Waals surface area (Å²) < 4.78 is 0. The van der Waals surface area contributed by atoms with Gasteiger partial charge in [-0.05, 0) is 30.0 Å². The van der Waals surface area contributed by atoms with Crippen molar-refractivity contribution in [1.29, 1.82) is 0 Å². The highest BCUT2D eigenvalue weighted by molar-refractivity contribution is 5.97. The summed E-state index contributed by atoms with van der Waals surface area (Å²) in [6.07, 6.45) is 1.80. The largest absolute Gasteiger partial charge is 0.349 e. The van der Waals surface area contributed by atoms with Crippen LogP contribution < -0.4 is 5.32 Å². The zero-order valence-electron chi connectivity index (χ0n) is 10.1. The molecule has 3 rings (SSSR count). The Hall–Kier alpha value is -2.09. The first-order valence-corrected chi connectivity index (χ1v) is 6.25. The Morgan fingerprint density at radius 2 is 1.72 bits per heavy atom. The van der Waals surface area contributed by atoms with Crippen molar-refractivity contribution in [2.75, 3.05) is 0 Å². The summed E-state index contributed by atoms with van der Waals surface area (Å²) in [7, 11) is 0. The van der Waals surface area contributed by atoms with Crippen molar-refractivity contribution < 1.29 is 4.79 Å². The first-order chi connectivity index (χ1) is 8.83. The summed E-state index contributed by atoms with van der Waals surface area (Å²) in [5, 5.41) is 3.08. The highest BCUT2D eigenvalue weighted by Crippen LogP contribution is 2.18. The summed E-state index contributed by atoms with van der Waals surface area (Å²) in [5.74, 6) is 0.0535. The molecule has 1 aliphatic heterocycles. The van der Waals surface area contributed by atoms with Crippen molar-refractivity contribution in [3.63, 3.8) is 0 Å². The van der Waals surface area contributed by atoms with Crippen molar-refractivity contribution in [2.24, 2.45) is 0 Å². The van der Waals surface area contributed by atoms with E-state index in [4.69, 9.17) is 0 Å². The van der Waals surface area contributed by atoms with Crippen molar-refractivity contribution >= 4 is 5.91 Å². The van der Waals surface area contributed by atoms with E-state index in [1.165, 1.54) is 5.56 Å². The fraction of sp³-hybridized carbons (Fsp3) is 0.188. The topological polar surface area (TPSA) is 29.1 Å². The van der Waals surface area contributed by atoms with Crippen molar-refractivity contribution in [3.8, 4) is 0 Å². The Bertz CT molecular complexity index is 562. The maximum atomic E-state index is 12.0. The molecule has 0 fully saturated rings. The predicted molar refractivity (Wildman–Crippen MR) is 71.5 cm³/mol. The molecule has 0 spiro atoms. The molecular weight excluding hydrogens is 222 g/mol. The third-order valence-electron chi connectivity index (χ3n) is 3.39. The number of carbonyl (C=O) groups excluding carboxylic acids is 1. The number of amides is 1. The van der Waals surface area contributed by atoms with E-state index >= 15 is 0 Å².